The van der Waals surface area contributed by atoms with Crippen LogP contribution in [0.25, 0.3) is 22.2 Å². The van der Waals surface area contributed by atoms with Crippen molar-refractivity contribution < 1.29 is 4.74 Å². The number of hydrogen-bond donors (Lipinski definition) is 2. The zero-order valence-corrected chi connectivity index (χ0v) is 20.1. The minimum atomic E-state index is -0.146. The van der Waals surface area contributed by atoms with Gasteiger partial charge in [-0.2, -0.15) is 0 Å². The second kappa shape index (κ2) is 9.34. The standard InChI is InChI=1S/C25H26N6O2S/c1-15(2)28-25-27-14-20(24(32)31(25)3)22-8-4-16-12-17(5-9-21(16)29-22)33-18-10-11-26-23(13-18)30-34-19-6-7-19/h4-5,8-15,19H,6-7H2,1-3H3,(H,26,30)(H,27,28). The summed E-state index contributed by atoms with van der Waals surface area (Å²) in [6.07, 6.45) is 5.82. The number of hydrogen-bond acceptors (Lipinski definition) is 8. The topological polar surface area (TPSA) is 94.0 Å². The Bertz CT molecular complexity index is 1400. The van der Waals surface area contributed by atoms with E-state index in [9.17, 15) is 4.79 Å². The lowest BCUT2D eigenvalue weighted by Gasteiger charge is -2.13. The molecule has 2 N–H and O–H groups in total. The molecule has 1 aliphatic carbocycles. The maximum Gasteiger partial charge on any atom is 0.264 e. The van der Waals surface area contributed by atoms with Gasteiger partial charge in [-0.3, -0.25) is 9.36 Å². The molecule has 8 nitrogen and oxygen atoms in total. The van der Waals surface area contributed by atoms with Crippen LogP contribution in [0.1, 0.15) is 26.7 Å². The molecule has 0 unspecified atom stereocenters. The molecule has 174 valence electrons. The lowest BCUT2D eigenvalue weighted by atomic mass is 10.1. The van der Waals surface area contributed by atoms with E-state index in [1.807, 2.05) is 56.3 Å². The van der Waals surface area contributed by atoms with Gasteiger partial charge in [-0.05, 0) is 69.0 Å². The fraction of sp³-hybridized carbons (Fsp3) is 0.280. The van der Waals surface area contributed by atoms with Gasteiger partial charge in [-0.25, -0.2) is 15.0 Å². The first-order chi connectivity index (χ1) is 16.5. The van der Waals surface area contributed by atoms with Crippen molar-refractivity contribution in [1.29, 1.82) is 0 Å². The largest absolute Gasteiger partial charge is 0.457 e. The van der Waals surface area contributed by atoms with Crippen LogP contribution in [0.2, 0.25) is 0 Å². The highest BCUT2D eigenvalue weighted by Gasteiger charge is 2.22. The molecule has 1 fully saturated rings. The predicted octanol–water partition coefficient (Wildman–Crippen LogP) is 5.23. The zero-order chi connectivity index (χ0) is 23.7. The van der Waals surface area contributed by atoms with E-state index in [1.54, 1.807) is 31.4 Å². The number of benzene rings is 1. The van der Waals surface area contributed by atoms with Gasteiger partial charge in [0.1, 0.15) is 17.3 Å². The molecule has 0 amide bonds. The quantitative estimate of drug-likeness (QED) is 0.336. The Labute approximate surface area is 201 Å². The molecule has 9 heteroatoms. The molecule has 4 aromatic rings. The first-order valence-electron chi connectivity index (χ1n) is 11.3. The van der Waals surface area contributed by atoms with Gasteiger partial charge in [0.15, 0.2) is 0 Å². The number of pyridine rings is 2. The molecule has 1 aromatic carbocycles. The molecule has 5 rings (SSSR count). The Kier molecular flexibility index (Phi) is 6.10. The number of aromatic nitrogens is 4. The molecule has 0 radical (unpaired) electrons. The number of nitrogens with one attached hydrogen (secondary N) is 2. The third-order valence-corrected chi connectivity index (χ3v) is 6.48. The van der Waals surface area contributed by atoms with Crippen molar-refractivity contribution in [2.45, 2.75) is 38.0 Å². The number of fused-ring (bicyclic) bond motifs is 1. The van der Waals surface area contributed by atoms with E-state index in [2.05, 4.69) is 20.0 Å². The number of rotatable bonds is 8. The monoisotopic (exact) mass is 474 g/mol. The molecule has 3 aromatic heterocycles. The Hall–Kier alpha value is -3.59. The average Bonchev–Trinajstić information content (AvgIpc) is 3.65. The highest BCUT2D eigenvalue weighted by atomic mass is 32.2. The van der Waals surface area contributed by atoms with E-state index in [-0.39, 0.29) is 11.6 Å². The van der Waals surface area contributed by atoms with Crippen molar-refractivity contribution in [3.63, 3.8) is 0 Å². The van der Waals surface area contributed by atoms with Gasteiger partial charge in [0.25, 0.3) is 5.56 Å². The van der Waals surface area contributed by atoms with Crippen LogP contribution in [0.5, 0.6) is 11.5 Å². The van der Waals surface area contributed by atoms with Gasteiger partial charge in [0.2, 0.25) is 5.95 Å². The van der Waals surface area contributed by atoms with Gasteiger partial charge < -0.3 is 14.8 Å². The van der Waals surface area contributed by atoms with Gasteiger partial charge in [-0.1, -0.05) is 6.07 Å². The molecular formula is C25H26N6O2S. The third-order valence-electron chi connectivity index (χ3n) is 5.34. The molecule has 1 saturated carbocycles. The van der Waals surface area contributed by atoms with E-state index < -0.39 is 0 Å². The average molecular weight is 475 g/mol. The molecule has 3 heterocycles. The summed E-state index contributed by atoms with van der Waals surface area (Å²) in [5, 5.41) is 4.78. The Morgan fingerprint density at radius 1 is 1.09 bits per heavy atom. The molecule has 34 heavy (non-hydrogen) atoms. The second-order valence-electron chi connectivity index (χ2n) is 8.61. The van der Waals surface area contributed by atoms with Crippen molar-refractivity contribution in [2.75, 3.05) is 10.0 Å². The molecule has 1 aliphatic rings. The highest BCUT2D eigenvalue weighted by molar-refractivity contribution is 8.01. The van der Waals surface area contributed by atoms with Crippen LogP contribution in [0.4, 0.5) is 11.8 Å². The maximum atomic E-state index is 12.9. The smallest absolute Gasteiger partial charge is 0.264 e. The van der Waals surface area contributed by atoms with Gasteiger partial charge >= 0.3 is 0 Å². The van der Waals surface area contributed by atoms with Gasteiger partial charge in [-0.15, -0.1) is 0 Å². The van der Waals surface area contributed by atoms with Crippen LogP contribution in [0.15, 0.2) is 59.7 Å². The fourth-order valence-electron chi connectivity index (χ4n) is 3.43. The predicted molar refractivity (Wildman–Crippen MR) is 138 cm³/mol. The minimum Gasteiger partial charge on any atom is -0.457 e. The van der Waals surface area contributed by atoms with Crippen LogP contribution in [-0.4, -0.2) is 30.8 Å². The summed E-state index contributed by atoms with van der Waals surface area (Å²) in [4.78, 5) is 26.3. The second-order valence-corrected chi connectivity index (χ2v) is 9.71. The molecule has 0 bridgehead atoms. The van der Waals surface area contributed by atoms with Crippen molar-refractivity contribution in [2.24, 2.45) is 7.05 Å². The van der Waals surface area contributed by atoms with E-state index in [0.717, 1.165) is 16.7 Å². The summed E-state index contributed by atoms with van der Waals surface area (Å²) in [6.45, 7) is 4.00. The van der Waals surface area contributed by atoms with E-state index in [1.165, 1.54) is 17.4 Å². The number of ether oxygens (including phenoxy) is 1. The van der Waals surface area contributed by atoms with Crippen molar-refractivity contribution >= 4 is 34.6 Å². The maximum absolute atomic E-state index is 12.9. The van der Waals surface area contributed by atoms with E-state index >= 15 is 0 Å². The zero-order valence-electron chi connectivity index (χ0n) is 19.3. The third kappa shape index (κ3) is 4.99. The van der Waals surface area contributed by atoms with Crippen LogP contribution in [-0.2, 0) is 7.05 Å². The molecular weight excluding hydrogens is 448 g/mol. The lowest BCUT2D eigenvalue weighted by Crippen LogP contribution is -2.25. The summed E-state index contributed by atoms with van der Waals surface area (Å²) < 4.78 is 10.9. The Morgan fingerprint density at radius 3 is 2.71 bits per heavy atom. The fourth-order valence-corrected chi connectivity index (χ4v) is 4.20. The first-order valence-corrected chi connectivity index (χ1v) is 12.1. The number of nitrogens with zero attached hydrogens (tertiary/aromatic N) is 4. The lowest BCUT2D eigenvalue weighted by molar-refractivity contribution is 0.483. The van der Waals surface area contributed by atoms with E-state index in [4.69, 9.17) is 9.72 Å². The van der Waals surface area contributed by atoms with Crippen molar-refractivity contribution in [3.05, 3.63) is 65.2 Å². The first kappa shape index (κ1) is 22.2. The summed E-state index contributed by atoms with van der Waals surface area (Å²) in [7, 11) is 1.71. The summed E-state index contributed by atoms with van der Waals surface area (Å²) >= 11 is 1.71. The van der Waals surface area contributed by atoms with Gasteiger partial charge in [0, 0.05) is 42.2 Å². The molecule has 0 saturated heterocycles. The van der Waals surface area contributed by atoms with Crippen LogP contribution < -0.4 is 20.3 Å². The number of anilines is 2. The molecule has 0 aliphatic heterocycles. The van der Waals surface area contributed by atoms with Crippen molar-refractivity contribution in [3.8, 4) is 22.8 Å². The van der Waals surface area contributed by atoms with Crippen molar-refractivity contribution in [1.82, 2.24) is 19.5 Å². The van der Waals surface area contributed by atoms with E-state index in [0.29, 0.717) is 34.0 Å². The van der Waals surface area contributed by atoms with Gasteiger partial charge in [0.05, 0.1) is 16.8 Å². The van der Waals surface area contributed by atoms with Crippen LogP contribution in [0.3, 0.4) is 0 Å². The SMILES string of the molecule is CC(C)Nc1ncc(-c2ccc3cc(Oc4ccnc(NSC5CC5)c4)ccc3n2)c(=O)n1C. The highest BCUT2D eigenvalue weighted by Crippen LogP contribution is 2.35. The molecule has 0 atom stereocenters. The summed E-state index contributed by atoms with van der Waals surface area (Å²) in [5.41, 5.74) is 1.67. The normalized spacial score (nSPS) is 13.3. The Balaban J connectivity index is 1.36. The van der Waals surface area contributed by atoms with Crippen LogP contribution in [0, 0.1) is 0 Å². The Morgan fingerprint density at radius 2 is 1.91 bits per heavy atom. The summed E-state index contributed by atoms with van der Waals surface area (Å²) in [6, 6.07) is 13.4. The molecule has 0 spiro atoms. The van der Waals surface area contributed by atoms with Crippen LogP contribution >= 0.6 is 11.9 Å². The summed E-state index contributed by atoms with van der Waals surface area (Å²) in [5.74, 6) is 2.73. The minimum absolute atomic E-state index is 0.146.